The summed E-state index contributed by atoms with van der Waals surface area (Å²) in [4.78, 5) is 11.7. The normalized spacial score (nSPS) is 10.3. The number of ether oxygens (including phenoxy) is 2. The highest BCUT2D eigenvalue weighted by Gasteiger charge is 2.03. The smallest absolute Gasteiger partial charge is 0.226 e. The molecule has 2 rings (SSSR count). The van der Waals surface area contributed by atoms with Crippen molar-refractivity contribution in [3.63, 3.8) is 0 Å². The summed E-state index contributed by atoms with van der Waals surface area (Å²) in [7, 11) is 0. The summed E-state index contributed by atoms with van der Waals surface area (Å²) in [6.07, 6.45) is 0.357. The third-order valence-corrected chi connectivity index (χ3v) is 3.04. The van der Waals surface area contributed by atoms with Crippen molar-refractivity contribution in [3.05, 3.63) is 54.1 Å². The number of hydrogen-bond donors (Lipinski definition) is 1. The fourth-order valence-electron chi connectivity index (χ4n) is 1.95. The van der Waals surface area contributed by atoms with Gasteiger partial charge >= 0.3 is 0 Å². The van der Waals surface area contributed by atoms with Gasteiger partial charge in [-0.1, -0.05) is 12.1 Å². The van der Waals surface area contributed by atoms with Crippen molar-refractivity contribution in [2.45, 2.75) is 20.3 Å². The lowest BCUT2D eigenvalue weighted by Crippen LogP contribution is -2.13. The second-order valence-electron chi connectivity index (χ2n) is 4.94. The summed E-state index contributed by atoms with van der Waals surface area (Å²) in [5.41, 5.74) is 1.90. The molecule has 0 spiro atoms. The maximum atomic E-state index is 11.7. The second-order valence-corrected chi connectivity index (χ2v) is 4.94. The molecule has 0 saturated heterocycles. The number of aryl methyl sites for hydroxylation is 1. The lowest BCUT2D eigenvalue weighted by Gasteiger charge is -2.08. The van der Waals surface area contributed by atoms with Gasteiger partial charge in [0.05, 0.1) is 13.0 Å². The van der Waals surface area contributed by atoms with E-state index in [1.165, 1.54) is 0 Å². The molecule has 116 valence electrons. The Morgan fingerprint density at radius 2 is 1.86 bits per heavy atom. The van der Waals surface area contributed by atoms with Gasteiger partial charge in [0.25, 0.3) is 0 Å². The average molecular weight is 299 g/mol. The molecule has 0 aromatic heterocycles. The van der Waals surface area contributed by atoms with Gasteiger partial charge in [0.15, 0.2) is 0 Å². The molecule has 0 aliphatic carbocycles. The van der Waals surface area contributed by atoms with E-state index in [2.05, 4.69) is 5.32 Å². The predicted octanol–water partition coefficient (Wildman–Crippen LogP) is 4.15. The summed E-state index contributed by atoms with van der Waals surface area (Å²) < 4.78 is 10.9. The molecule has 1 amide bonds. The molecule has 2 aromatic carbocycles. The topological polar surface area (TPSA) is 47.6 Å². The van der Waals surface area contributed by atoms with Crippen LogP contribution in [0.15, 0.2) is 48.5 Å². The van der Waals surface area contributed by atoms with Crippen LogP contribution in [0.3, 0.4) is 0 Å². The van der Waals surface area contributed by atoms with Gasteiger partial charge in [-0.05, 0) is 55.8 Å². The van der Waals surface area contributed by atoms with Crippen LogP contribution < -0.4 is 10.1 Å². The van der Waals surface area contributed by atoms with Crippen LogP contribution in [0.4, 0.5) is 5.69 Å². The van der Waals surface area contributed by atoms with Crippen molar-refractivity contribution in [2.24, 2.45) is 0 Å². The van der Waals surface area contributed by atoms with E-state index in [-0.39, 0.29) is 5.91 Å². The lowest BCUT2D eigenvalue weighted by atomic mass is 10.2. The Balaban J connectivity index is 1.88. The minimum atomic E-state index is -0.0548. The Morgan fingerprint density at radius 1 is 1.09 bits per heavy atom. The maximum Gasteiger partial charge on any atom is 0.226 e. The summed E-state index contributed by atoms with van der Waals surface area (Å²) in [6, 6.07) is 15.2. The fourth-order valence-corrected chi connectivity index (χ4v) is 1.95. The molecule has 0 aliphatic rings. The third-order valence-electron chi connectivity index (χ3n) is 3.04. The van der Waals surface area contributed by atoms with E-state index in [9.17, 15) is 4.79 Å². The predicted molar refractivity (Wildman–Crippen MR) is 87.4 cm³/mol. The van der Waals surface area contributed by atoms with Gasteiger partial charge in [0.2, 0.25) is 5.91 Å². The Morgan fingerprint density at radius 3 is 2.55 bits per heavy atom. The molecule has 0 atom stereocenters. The van der Waals surface area contributed by atoms with Gasteiger partial charge < -0.3 is 14.8 Å². The van der Waals surface area contributed by atoms with E-state index in [0.29, 0.717) is 19.6 Å². The third kappa shape index (κ3) is 5.22. The zero-order chi connectivity index (χ0) is 15.8. The van der Waals surface area contributed by atoms with Crippen LogP contribution in [0, 0.1) is 6.92 Å². The minimum absolute atomic E-state index is 0.0548. The zero-order valence-electron chi connectivity index (χ0n) is 13.0. The van der Waals surface area contributed by atoms with Crippen molar-refractivity contribution < 1.29 is 14.3 Å². The van der Waals surface area contributed by atoms with Crippen LogP contribution in [0.25, 0.3) is 0 Å². The summed E-state index contributed by atoms with van der Waals surface area (Å²) >= 11 is 0. The molecular formula is C18H21NO3. The number of carbonyl (C=O) groups excluding carboxylic acids is 1. The number of carbonyl (C=O) groups is 1. The molecule has 0 aliphatic heterocycles. The molecule has 0 heterocycles. The van der Waals surface area contributed by atoms with E-state index < -0.39 is 0 Å². The number of hydrogen-bond acceptors (Lipinski definition) is 3. The number of anilines is 1. The first-order valence-electron chi connectivity index (χ1n) is 7.39. The molecule has 0 radical (unpaired) electrons. The van der Waals surface area contributed by atoms with E-state index in [1.54, 1.807) is 0 Å². The number of nitrogens with one attached hydrogen (secondary N) is 1. The summed E-state index contributed by atoms with van der Waals surface area (Å²) in [5, 5.41) is 2.83. The van der Waals surface area contributed by atoms with Crippen molar-refractivity contribution in [1.29, 1.82) is 0 Å². The van der Waals surface area contributed by atoms with Crippen LogP contribution in [-0.2, 0) is 9.53 Å². The Bertz CT molecular complexity index is 608. The molecule has 0 saturated carbocycles. The highest BCUT2D eigenvalue weighted by Crippen LogP contribution is 2.23. The first-order chi connectivity index (χ1) is 10.7. The molecule has 4 heteroatoms. The number of benzene rings is 2. The van der Waals surface area contributed by atoms with Gasteiger partial charge in [-0.25, -0.2) is 0 Å². The first kappa shape index (κ1) is 16.0. The molecule has 4 nitrogen and oxygen atoms in total. The Kier molecular flexibility index (Phi) is 5.98. The first-order valence-corrected chi connectivity index (χ1v) is 7.39. The standard InChI is InChI=1S/C18H21NO3/c1-3-21-12-11-18(20)19-15-7-9-16(10-8-15)22-17-6-4-5-14(2)13-17/h4-10,13H,3,11-12H2,1-2H3,(H,19,20). The molecule has 2 aromatic rings. The fraction of sp³-hybridized carbons (Fsp3) is 0.278. The summed E-state index contributed by atoms with van der Waals surface area (Å²) in [5.74, 6) is 1.48. The van der Waals surface area contributed by atoms with Gasteiger partial charge in [0, 0.05) is 12.3 Å². The maximum absolute atomic E-state index is 11.7. The number of rotatable bonds is 7. The second kappa shape index (κ2) is 8.20. The molecule has 22 heavy (non-hydrogen) atoms. The van der Waals surface area contributed by atoms with Gasteiger partial charge in [-0.15, -0.1) is 0 Å². The molecule has 0 unspecified atom stereocenters. The largest absolute Gasteiger partial charge is 0.457 e. The van der Waals surface area contributed by atoms with Crippen LogP contribution in [0.5, 0.6) is 11.5 Å². The summed E-state index contributed by atoms with van der Waals surface area (Å²) in [6.45, 7) is 4.99. The molecule has 0 bridgehead atoms. The van der Waals surface area contributed by atoms with Crippen molar-refractivity contribution >= 4 is 11.6 Å². The van der Waals surface area contributed by atoms with Gasteiger partial charge in [0.1, 0.15) is 11.5 Å². The van der Waals surface area contributed by atoms with Gasteiger partial charge in [-0.2, -0.15) is 0 Å². The Hall–Kier alpha value is -2.33. The van der Waals surface area contributed by atoms with Crippen molar-refractivity contribution in [1.82, 2.24) is 0 Å². The van der Waals surface area contributed by atoms with E-state index in [0.717, 1.165) is 22.7 Å². The van der Waals surface area contributed by atoms with Crippen LogP contribution in [0.2, 0.25) is 0 Å². The highest BCUT2D eigenvalue weighted by molar-refractivity contribution is 5.90. The molecule has 0 fully saturated rings. The van der Waals surface area contributed by atoms with E-state index in [1.807, 2.05) is 62.4 Å². The van der Waals surface area contributed by atoms with E-state index in [4.69, 9.17) is 9.47 Å². The van der Waals surface area contributed by atoms with Gasteiger partial charge in [-0.3, -0.25) is 4.79 Å². The van der Waals surface area contributed by atoms with Crippen LogP contribution in [0.1, 0.15) is 18.9 Å². The van der Waals surface area contributed by atoms with Crippen LogP contribution >= 0.6 is 0 Å². The molecule has 1 N–H and O–H groups in total. The Labute approximate surface area is 131 Å². The highest BCUT2D eigenvalue weighted by atomic mass is 16.5. The monoisotopic (exact) mass is 299 g/mol. The zero-order valence-corrected chi connectivity index (χ0v) is 13.0. The van der Waals surface area contributed by atoms with E-state index >= 15 is 0 Å². The molecular weight excluding hydrogens is 278 g/mol. The SMILES string of the molecule is CCOCCC(=O)Nc1ccc(Oc2cccc(C)c2)cc1. The van der Waals surface area contributed by atoms with Crippen molar-refractivity contribution in [2.75, 3.05) is 18.5 Å². The van der Waals surface area contributed by atoms with Crippen LogP contribution in [-0.4, -0.2) is 19.1 Å². The number of amides is 1. The van der Waals surface area contributed by atoms with Crippen molar-refractivity contribution in [3.8, 4) is 11.5 Å². The quantitative estimate of drug-likeness (QED) is 0.781. The minimum Gasteiger partial charge on any atom is -0.457 e. The average Bonchev–Trinajstić information content (AvgIpc) is 2.50. The lowest BCUT2D eigenvalue weighted by molar-refractivity contribution is -0.117.